The number of carboxylic acids is 1. The third kappa shape index (κ3) is 5.92. The number of amides is 2. The molecule has 0 bridgehead atoms. The molecule has 2 unspecified atom stereocenters. The van der Waals surface area contributed by atoms with Crippen LogP contribution in [0.2, 0.25) is 0 Å². The normalized spacial score (nSPS) is 19.8. The van der Waals surface area contributed by atoms with E-state index < -0.39 is 54.4 Å². The Morgan fingerprint density at radius 3 is 2.10 bits per heavy atom. The van der Waals surface area contributed by atoms with Gasteiger partial charge in [0.05, 0.1) is 18.6 Å². The number of rotatable bonds is 11. The van der Waals surface area contributed by atoms with E-state index in [1.54, 1.807) is 6.92 Å². The topological polar surface area (TPSA) is 114 Å². The highest BCUT2D eigenvalue weighted by molar-refractivity contribution is 5.86. The Morgan fingerprint density at radius 1 is 0.927 bits per heavy atom. The summed E-state index contributed by atoms with van der Waals surface area (Å²) < 4.78 is 39.1. The Hall–Kier alpha value is -4.31. The molecule has 3 aromatic carbocycles. The molecular weight excluding hydrogens is 534 g/mol. The van der Waals surface area contributed by atoms with E-state index in [1.165, 1.54) is 0 Å². The summed E-state index contributed by atoms with van der Waals surface area (Å²) in [6.45, 7) is 1.17. The lowest BCUT2D eigenvalue weighted by Crippen LogP contribution is -2.53. The fourth-order valence-electron chi connectivity index (χ4n) is 5.36. The molecule has 214 valence electrons. The summed E-state index contributed by atoms with van der Waals surface area (Å²) in [6.07, 6.45) is -1.74. The third-order valence-electron chi connectivity index (χ3n) is 7.69. The molecule has 0 heterocycles. The Bertz CT molecular complexity index is 1390. The number of fused-ring (bicyclic) bond motifs is 3. The minimum atomic E-state index is -3.41. The second-order valence-electron chi connectivity index (χ2n) is 10.3. The quantitative estimate of drug-likeness (QED) is 0.314. The van der Waals surface area contributed by atoms with Gasteiger partial charge in [0.1, 0.15) is 18.6 Å². The van der Waals surface area contributed by atoms with Crippen molar-refractivity contribution in [1.29, 1.82) is 0 Å². The molecule has 1 fully saturated rings. The zero-order chi connectivity index (χ0) is 29.1. The number of carbonyl (C=O) groups is 3. The van der Waals surface area contributed by atoms with Crippen LogP contribution >= 0.6 is 0 Å². The van der Waals surface area contributed by atoms with Crippen LogP contribution in [0.5, 0.6) is 0 Å². The lowest BCUT2D eigenvalue weighted by atomic mass is 9.98. The molecule has 0 aromatic heterocycles. The summed E-state index contributed by atoms with van der Waals surface area (Å²) in [6, 6.07) is 23.6. The SMILES string of the molecule is C[C@H](OCc1ccccc1)[C@@H](NC(=O)OCC1c2ccccc2-c2ccccc21)C(=O)NCC1C(C(=O)O)C1(F)F. The van der Waals surface area contributed by atoms with Crippen molar-refractivity contribution < 1.29 is 37.7 Å². The van der Waals surface area contributed by atoms with E-state index in [1.807, 2.05) is 78.9 Å². The zero-order valence-electron chi connectivity index (χ0n) is 22.3. The third-order valence-corrected chi connectivity index (χ3v) is 7.69. The van der Waals surface area contributed by atoms with Crippen molar-refractivity contribution >= 4 is 18.0 Å². The number of ether oxygens (including phenoxy) is 2. The van der Waals surface area contributed by atoms with E-state index in [-0.39, 0.29) is 19.1 Å². The van der Waals surface area contributed by atoms with Gasteiger partial charge in [-0.1, -0.05) is 78.9 Å². The van der Waals surface area contributed by atoms with Crippen molar-refractivity contribution in [1.82, 2.24) is 10.6 Å². The van der Waals surface area contributed by atoms with Gasteiger partial charge in [-0.05, 0) is 34.7 Å². The molecule has 0 saturated heterocycles. The molecule has 2 aliphatic rings. The molecule has 10 heteroatoms. The largest absolute Gasteiger partial charge is 0.481 e. The van der Waals surface area contributed by atoms with Crippen LogP contribution in [0.15, 0.2) is 78.9 Å². The molecule has 2 amide bonds. The average molecular weight is 565 g/mol. The average Bonchev–Trinajstić information content (AvgIpc) is 3.39. The van der Waals surface area contributed by atoms with Crippen LogP contribution in [0.3, 0.4) is 0 Å². The molecule has 41 heavy (non-hydrogen) atoms. The van der Waals surface area contributed by atoms with E-state index in [4.69, 9.17) is 14.6 Å². The summed E-state index contributed by atoms with van der Waals surface area (Å²) in [4.78, 5) is 37.1. The van der Waals surface area contributed by atoms with Gasteiger partial charge in [-0.2, -0.15) is 0 Å². The zero-order valence-corrected chi connectivity index (χ0v) is 22.3. The van der Waals surface area contributed by atoms with E-state index in [0.717, 1.165) is 27.8 Å². The number of halogens is 2. The van der Waals surface area contributed by atoms with E-state index in [0.29, 0.717) is 0 Å². The maximum Gasteiger partial charge on any atom is 0.407 e. The second kappa shape index (κ2) is 11.7. The van der Waals surface area contributed by atoms with Crippen molar-refractivity contribution in [2.45, 2.75) is 37.5 Å². The lowest BCUT2D eigenvalue weighted by Gasteiger charge is -2.25. The highest BCUT2D eigenvalue weighted by Gasteiger charge is 2.72. The van der Waals surface area contributed by atoms with Gasteiger partial charge >= 0.3 is 12.1 Å². The Labute approximate surface area is 235 Å². The predicted molar refractivity (Wildman–Crippen MR) is 145 cm³/mol. The van der Waals surface area contributed by atoms with Gasteiger partial charge in [-0.25, -0.2) is 13.6 Å². The summed E-state index contributed by atoms with van der Waals surface area (Å²) in [5, 5.41) is 13.9. The summed E-state index contributed by atoms with van der Waals surface area (Å²) in [7, 11) is 0. The Balaban J connectivity index is 1.24. The Morgan fingerprint density at radius 2 is 1.51 bits per heavy atom. The Kier molecular flexibility index (Phi) is 8.03. The van der Waals surface area contributed by atoms with Gasteiger partial charge in [0.15, 0.2) is 0 Å². The van der Waals surface area contributed by atoms with Crippen LogP contribution in [0.1, 0.15) is 29.5 Å². The van der Waals surface area contributed by atoms with Gasteiger partial charge in [-0.3, -0.25) is 9.59 Å². The molecule has 3 N–H and O–H groups in total. The van der Waals surface area contributed by atoms with Crippen molar-refractivity contribution in [2.75, 3.05) is 13.2 Å². The van der Waals surface area contributed by atoms with Crippen LogP contribution in [0, 0.1) is 11.8 Å². The summed E-state index contributed by atoms with van der Waals surface area (Å²) in [5.41, 5.74) is 5.01. The molecule has 0 aliphatic heterocycles. The second-order valence-corrected chi connectivity index (χ2v) is 10.3. The molecule has 1 saturated carbocycles. The molecule has 3 aromatic rings. The maximum absolute atomic E-state index is 13.9. The number of carbonyl (C=O) groups excluding carboxylic acids is 2. The monoisotopic (exact) mass is 564 g/mol. The van der Waals surface area contributed by atoms with Crippen molar-refractivity contribution in [3.05, 3.63) is 95.6 Å². The van der Waals surface area contributed by atoms with Gasteiger partial charge in [0, 0.05) is 12.5 Å². The fourth-order valence-corrected chi connectivity index (χ4v) is 5.36. The first-order valence-electron chi connectivity index (χ1n) is 13.3. The fraction of sp³-hybridized carbons (Fsp3) is 0.323. The van der Waals surface area contributed by atoms with E-state index in [2.05, 4.69) is 10.6 Å². The molecular formula is C31H30F2N2O6. The van der Waals surface area contributed by atoms with E-state index in [9.17, 15) is 23.2 Å². The van der Waals surface area contributed by atoms with Crippen molar-refractivity contribution in [3.8, 4) is 11.1 Å². The molecule has 4 atom stereocenters. The number of nitrogens with one attached hydrogen (secondary N) is 2. The van der Waals surface area contributed by atoms with E-state index >= 15 is 0 Å². The smallest absolute Gasteiger partial charge is 0.407 e. The lowest BCUT2D eigenvalue weighted by molar-refractivity contribution is -0.141. The number of alkyl carbamates (subject to hydrolysis) is 1. The van der Waals surface area contributed by atoms with Crippen molar-refractivity contribution in [2.24, 2.45) is 11.8 Å². The molecule has 5 rings (SSSR count). The number of carboxylic acid groups (broad SMARTS) is 1. The first-order chi connectivity index (χ1) is 19.7. The van der Waals surface area contributed by atoms with Gasteiger partial charge < -0.3 is 25.2 Å². The van der Waals surface area contributed by atoms with Crippen LogP contribution in [0.25, 0.3) is 11.1 Å². The number of benzene rings is 3. The minimum Gasteiger partial charge on any atom is -0.481 e. The molecule has 0 spiro atoms. The number of alkyl halides is 2. The van der Waals surface area contributed by atoms with Crippen molar-refractivity contribution in [3.63, 3.8) is 0 Å². The first kappa shape index (κ1) is 28.2. The number of hydrogen-bond donors (Lipinski definition) is 3. The van der Waals surface area contributed by atoms with Gasteiger partial charge in [-0.15, -0.1) is 0 Å². The minimum absolute atomic E-state index is 0.0159. The first-order valence-corrected chi connectivity index (χ1v) is 13.3. The van der Waals surface area contributed by atoms with Crippen LogP contribution < -0.4 is 10.6 Å². The molecule has 0 radical (unpaired) electrons. The van der Waals surface area contributed by atoms with Gasteiger partial charge in [0.2, 0.25) is 5.91 Å². The highest BCUT2D eigenvalue weighted by atomic mass is 19.3. The van der Waals surface area contributed by atoms with Gasteiger partial charge in [0.25, 0.3) is 5.92 Å². The highest BCUT2D eigenvalue weighted by Crippen LogP contribution is 2.54. The number of aliphatic carboxylic acids is 1. The number of hydrogen-bond acceptors (Lipinski definition) is 5. The summed E-state index contributed by atoms with van der Waals surface area (Å²) >= 11 is 0. The summed E-state index contributed by atoms with van der Waals surface area (Å²) in [5.74, 6) is -9.41. The van der Waals surface area contributed by atoms with Crippen LogP contribution in [0.4, 0.5) is 13.6 Å². The molecule has 8 nitrogen and oxygen atoms in total. The predicted octanol–water partition coefficient (Wildman–Crippen LogP) is 4.58. The molecule has 2 aliphatic carbocycles. The standard InChI is InChI=1S/C31H30F2N2O6/c1-18(40-16-19-9-3-2-4-10-19)27(28(36)34-15-25-26(29(37)38)31(25,32)33)35-30(39)41-17-24-22-13-7-5-11-20(22)21-12-6-8-14-23(21)24/h2-14,18,24-27H,15-17H2,1H3,(H,34,36)(H,35,39)(H,37,38)/t18-,25?,26?,27+/m0/s1. The van der Waals surface area contributed by atoms with Crippen LogP contribution in [-0.4, -0.2) is 54.3 Å². The maximum atomic E-state index is 13.9. The van der Waals surface area contributed by atoms with Crippen LogP contribution in [-0.2, 0) is 25.7 Å².